The zero-order chi connectivity index (χ0) is 12.5. The Morgan fingerprint density at radius 1 is 1.11 bits per heavy atom. The Bertz CT molecular complexity index is 305. The average Bonchev–Trinajstić information content (AvgIpc) is 2.38. The van der Waals surface area contributed by atoms with Gasteiger partial charge >= 0.3 is 0 Å². The van der Waals surface area contributed by atoms with Crippen LogP contribution in [0.15, 0.2) is 24.5 Å². The van der Waals surface area contributed by atoms with Crippen molar-refractivity contribution in [1.29, 1.82) is 0 Å². The Labute approximate surface area is 111 Å². The van der Waals surface area contributed by atoms with Gasteiger partial charge in [-0.05, 0) is 37.6 Å². The number of nitrogens with one attached hydrogen (secondary N) is 1. The SMILES string of the molecule is c1cncc(CNCCN2CCCCCCC2)c1. The Hall–Kier alpha value is -0.930. The first kappa shape index (κ1) is 13.5. The minimum atomic E-state index is 0.932. The van der Waals surface area contributed by atoms with Gasteiger partial charge in [-0.2, -0.15) is 0 Å². The van der Waals surface area contributed by atoms with E-state index in [-0.39, 0.29) is 0 Å². The van der Waals surface area contributed by atoms with Gasteiger partial charge in [0.25, 0.3) is 0 Å². The van der Waals surface area contributed by atoms with Gasteiger partial charge in [0, 0.05) is 32.0 Å². The van der Waals surface area contributed by atoms with Crippen molar-refractivity contribution < 1.29 is 0 Å². The Morgan fingerprint density at radius 3 is 2.61 bits per heavy atom. The quantitative estimate of drug-likeness (QED) is 0.810. The average molecular weight is 247 g/mol. The van der Waals surface area contributed by atoms with Crippen LogP contribution in [-0.2, 0) is 6.54 Å². The molecule has 0 saturated carbocycles. The number of aromatic nitrogens is 1. The summed E-state index contributed by atoms with van der Waals surface area (Å²) in [7, 11) is 0. The number of rotatable bonds is 5. The molecule has 1 aliphatic rings. The molecule has 1 N–H and O–H groups in total. The van der Waals surface area contributed by atoms with Crippen molar-refractivity contribution in [3.8, 4) is 0 Å². The normalized spacial score (nSPS) is 18.2. The standard InChI is InChI=1S/C15H25N3/c1-2-4-10-18(11-5-3-1)12-9-17-14-15-7-6-8-16-13-15/h6-8,13,17H,1-5,9-12,14H2. The maximum Gasteiger partial charge on any atom is 0.0312 e. The Kier molecular flexibility index (Phi) is 6.17. The van der Waals surface area contributed by atoms with Gasteiger partial charge in [0.1, 0.15) is 0 Å². The molecule has 2 rings (SSSR count). The van der Waals surface area contributed by atoms with E-state index in [0.717, 1.165) is 13.1 Å². The van der Waals surface area contributed by atoms with Crippen molar-refractivity contribution in [2.24, 2.45) is 0 Å². The maximum atomic E-state index is 4.13. The molecular weight excluding hydrogens is 222 g/mol. The molecule has 1 saturated heterocycles. The van der Waals surface area contributed by atoms with E-state index in [4.69, 9.17) is 0 Å². The third-order valence-corrected chi connectivity index (χ3v) is 3.61. The van der Waals surface area contributed by atoms with Crippen LogP contribution in [0.3, 0.4) is 0 Å². The van der Waals surface area contributed by atoms with Crippen LogP contribution < -0.4 is 5.32 Å². The molecule has 0 amide bonds. The second kappa shape index (κ2) is 8.22. The van der Waals surface area contributed by atoms with Crippen LogP contribution in [0, 0.1) is 0 Å². The van der Waals surface area contributed by atoms with Gasteiger partial charge in [-0.3, -0.25) is 4.98 Å². The molecule has 0 spiro atoms. The molecule has 2 heterocycles. The first-order valence-electron chi connectivity index (χ1n) is 7.27. The number of pyridine rings is 1. The van der Waals surface area contributed by atoms with Crippen molar-refractivity contribution in [2.45, 2.75) is 38.6 Å². The molecule has 1 fully saturated rings. The number of likely N-dealkylation sites (tertiary alicyclic amines) is 1. The fraction of sp³-hybridized carbons (Fsp3) is 0.667. The molecule has 0 bridgehead atoms. The van der Waals surface area contributed by atoms with Crippen LogP contribution in [0.4, 0.5) is 0 Å². The monoisotopic (exact) mass is 247 g/mol. The summed E-state index contributed by atoms with van der Waals surface area (Å²) in [6, 6.07) is 4.12. The van der Waals surface area contributed by atoms with E-state index in [0.29, 0.717) is 0 Å². The van der Waals surface area contributed by atoms with Crippen molar-refractivity contribution >= 4 is 0 Å². The molecule has 3 heteroatoms. The van der Waals surface area contributed by atoms with Crippen molar-refractivity contribution in [2.75, 3.05) is 26.2 Å². The van der Waals surface area contributed by atoms with E-state index in [9.17, 15) is 0 Å². The molecule has 0 unspecified atom stereocenters. The summed E-state index contributed by atoms with van der Waals surface area (Å²) in [6.45, 7) is 5.76. The highest BCUT2D eigenvalue weighted by Crippen LogP contribution is 2.09. The first-order chi connectivity index (χ1) is 8.95. The van der Waals surface area contributed by atoms with Gasteiger partial charge in [-0.15, -0.1) is 0 Å². The lowest BCUT2D eigenvalue weighted by molar-refractivity contribution is 0.247. The van der Waals surface area contributed by atoms with E-state index in [1.807, 2.05) is 18.5 Å². The van der Waals surface area contributed by atoms with Crippen molar-refractivity contribution in [3.63, 3.8) is 0 Å². The lowest BCUT2D eigenvalue weighted by Gasteiger charge is -2.24. The molecule has 0 aromatic carbocycles. The summed E-state index contributed by atoms with van der Waals surface area (Å²) in [5, 5.41) is 3.50. The van der Waals surface area contributed by atoms with E-state index in [2.05, 4.69) is 21.3 Å². The summed E-state index contributed by atoms with van der Waals surface area (Å²) in [5.41, 5.74) is 1.27. The highest BCUT2D eigenvalue weighted by Gasteiger charge is 2.06. The Morgan fingerprint density at radius 2 is 1.89 bits per heavy atom. The van der Waals surface area contributed by atoms with Crippen molar-refractivity contribution in [1.82, 2.24) is 15.2 Å². The molecule has 1 aromatic heterocycles. The summed E-state index contributed by atoms with van der Waals surface area (Å²) >= 11 is 0. The highest BCUT2D eigenvalue weighted by molar-refractivity contribution is 5.07. The molecule has 1 aliphatic heterocycles. The van der Waals surface area contributed by atoms with E-state index < -0.39 is 0 Å². The van der Waals surface area contributed by atoms with Crippen LogP contribution in [0.5, 0.6) is 0 Å². The topological polar surface area (TPSA) is 28.2 Å². The van der Waals surface area contributed by atoms with Gasteiger partial charge in [-0.1, -0.05) is 25.3 Å². The van der Waals surface area contributed by atoms with Gasteiger partial charge in [0.05, 0.1) is 0 Å². The van der Waals surface area contributed by atoms with Crippen LogP contribution in [0.25, 0.3) is 0 Å². The van der Waals surface area contributed by atoms with Gasteiger partial charge < -0.3 is 10.2 Å². The minimum Gasteiger partial charge on any atom is -0.311 e. The molecule has 1 aromatic rings. The lowest BCUT2D eigenvalue weighted by atomic mass is 10.1. The van der Waals surface area contributed by atoms with Crippen LogP contribution >= 0.6 is 0 Å². The van der Waals surface area contributed by atoms with E-state index in [1.54, 1.807) is 0 Å². The van der Waals surface area contributed by atoms with Crippen LogP contribution in [0.2, 0.25) is 0 Å². The largest absolute Gasteiger partial charge is 0.311 e. The van der Waals surface area contributed by atoms with Crippen molar-refractivity contribution in [3.05, 3.63) is 30.1 Å². The minimum absolute atomic E-state index is 0.932. The van der Waals surface area contributed by atoms with Crippen LogP contribution in [0.1, 0.15) is 37.7 Å². The molecule has 0 aliphatic carbocycles. The molecule has 0 radical (unpaired) electrons. The predicted octanol–water partition coefficient (Wildman–Crippen LogP) is 2.44. The smallest absolute Gasteiger partial charge is 0.0312 e. The van der Waals surface area contributed by atoms with Gasteiger partial charge in [0.15, 0.2) is 0 Å². The van der Waals surface area contributed by atoms with Gasteiger partial charge in [0.2, 0.25) is 0 Å². The van der Waals surface area contributed by atoms with E-state index in [1.165, 1.54) is 57.3 Å². The summed E-state index contributed by atoms with van der Waals surface area (Å²) in [6.07, 6.45) is 10.8. The number of hydrogen-bond donors (Lipinski definition) is 1. The van der Waals surface area contributed by atoms with E-state index >= 15 is 0 Å². The number of nitrogens with zero attached hydrogens (tertiary/aromatic N) is 2. The highest BCUT2D eigenvalue weighted by atomic mass is 15.1. The predicted molar refractivity (Wildman–Crippen MR) is 75.5 cm³/mol. The molecule has 3 nitrogen and oxygen atoms in total. The fourth-order valence-corrected chi connectivity index (χ4v) is 2.51. The summed E-state index contributed by atoms with van der Waals surface area (Å²) in [4.78, 5) is 6.73. The summed E-state index contributed by atoms with van der Waals surface area (Å²) in [5.74, 6) is 0. The zero-order valence-corrected chi connectivity index (χ0v) is 11.3. The van der Waals surface area contributed by atoms with Gasteiger partial charge in [-0.25, -0.2) is 0 Å². The second-order valence-corrected chi connectivity index (χ2v) is 5.15. The molecular formula is C15H25N3. The summed E-state index contributed by atoms with van der Waals surface area (Å²) < 4.78 is 0. The molecule has 0 atom stereocenters. The maximum absolute atomic E-state index is 4.13. The molecule has 18 heavy (non-hydrogen) atoms. The third-order valence-electron chi connectivity index (χ3n) is 3.61. The third kappa shape index (κ3) is 5.15. The van der Waals surface area contributed by atoms with Crippen LogP contribution in [-0.4, -0.2) is 36.1 Å². The fourth-order valence-electron chi connectivity index (χ4n) is 2.51. The second-order valence-electron chi connectivity index (χ2n) is 5.15. The Balaban J connectivity index is 1.59. The molecule has 100 valence electrons. The number of hydrogen-bond acceptors (Lipinski definition) is 3. The zero-order valence-electron chi connectivity index (χ0n) is 11.3. The lowest BCUT2D eigenvalue weighted by Crippen LogP contribution is -2.34. The first-order valence-corrected chi connectivity index (χ1v) is 7.27.